The van der Waals surface area contributed by atoms with Crippen LogP contribution in [-0.2, 0) is 9.47 Å². The Morgan fingerprint density at radius 3 is 1.39 bits per heavy atom. The first-order valence-corrected chi connectivity index (χ1v) is 14.9. The summed E-state index contributed by atoms with van der Waals surface area (Å²) < 4.78 is 22.9. The molecule has 0 amide bonds. The van der Waals surface area contributed by atoms with Crippen LogP contribution in [0.1, 0.15) is 25.0 Å². The minimum absolute atomic E-state index is 0.373. The second kappa shape index (κ2) is 13.1. The van der Waals surface area contributed by atoms with E-state index in [4.69, 9.17) is 18.9 Å². The lowest BCUT2D eigenvalue weighted by Crippen LogP contribution is -2.66. The summed E-state index contributed by atoms with van der Waals surface area (Å²) in [7, 11) is 0. The summed E-state index contributed by atoms with van der Waals surface area (Å²) in [5.41, 5.74) is 0.766. The van der Waals surface area contributed by atoms with Crippen LogP contribution in [0, 0.1) is 13.8 Å². The van der Waals surface area contributed by atoms with Crippen LogP contribution < -0.4 is 9.47 Å². The molecular weight excluding hydrogens is 602 g/mol. The molecule has 5 rings (SSSR count). The Hall–Kier alpha value is -3.21. The highest BCUT2D eigenvalue weighted by molar-refractivity contribution is 5.73. The van der Waals surface area contributed by atoms with Crippen molar-refractivity contribution in [3.8, 4) is 33.8 Å². The van der Waals surface area contributed by atoms with Crippen LogP contribution in [0.5, 0.6) is 11.5 Å². The number of aryl methyl sites for hydroxylation is 2. The van der Waals surface area contributed by atoms with E-state index in [1.807, 2.05) is 18.2 Å². The molecule has 3 heterocycles. The molecule has 10 atom stereocenters. The number of benzene rings is 2. The van der Waals surface area contributed by atoms with E-state index in [9.17, 15) is 40.9 Å². The summed E-state index contributed by atoms with van der Waals surface area (Å²) in [6.45, 7) is 5.05. The first kappa shape index (κ1) is 34.1. The van der Waals surface area contributed by atoms with Gasteiger partial charge in [0, 0.05) is 23.5 Å². The molecule has 3 aromatic rings. The highest BCUT2D eigenvalue weighted by atomic mass is 16.7. The second-order valence-electron chi connectivity index (χ2n) is 12.4. The summed E-state index contributed by atoms with van der Waals surface area (Å²) in [5, 5.41) is 81.6. The van der Waals surface area contributed by atoms with Gasteiger partial charge < -0.3 is 59.8 Å². The maximum Gasteiger partial charge on any atom is 0.231 e. The molecule has 8 N–H and O–H groups in total. The molecule has 2 aromatic carbocycles. The van der Waals surface area contributed by atoms with Crippen LogP contribution >= 0.6 is 0 Å². The number of ether oxygens (including phenoxy) is 4. The van der Waals surface area contributed by atoms with E-state index >= 15 is 0 Å². The number of aromatic nitrogens is 1. The van der Waals surface area contributed by atoms with Crippen LogP contribution in [0.4, 0.5) is 0 Å². The Bertz CT molecular complexity index is 1420. The number of nitrogens with zero attached hydrogens (tertiary/aromatic N) is 1. The van der Waals surface area contributed by atoms with Crippen LogP contribution in [0.3, 0.4) is 0 Å². The van der Waals surface area contributed by atoms with E-state index in [-0.39, 0.29) is 0 Å². The van der Waals surface area contributed by atoms with Gasteiger partial charge in [0.25, 0.3) is 0 Å². The fraction of sp³-hybridized carbons (Fsp3) is 0.485. The number of hydrogen-bond acceptors (Lipinski definition) is 13. The Morgan fingerprint density at radius 2 is 1.04 bits per heavy atom. The third-order valence-corrected chi connectivity index (χ3v) is 8.74. The Morgan fingerprint density at radius 1 is 0.652 bits per heavy atom. The monoisotopic (exact) mass is 643 g/mol. The van der Waals surface area contributed by atoms with Crippen molar-refractivity contribution in [3.05, 3.63) is 66.0 Å². The Labute approximate surface area is 265 Å². The zero-order valence-corrected chi connectivity index (χ0v) is 25.9. The number of aliphatic hydroxyl groups is 8. The Kier molecular flexibility index (Phi) is 9.74. The molecule has 0 spiro atoms. The first-order valence-electron chi connectivity index (χ1n) is 14.9. The van der Waals surface area contributed by atoms with Crippen molar-refractivity contribution in [2.75, 3.05) is 13.2 Å². The summed E-state index contributed by atoms with van der Waals surface area (Å²) in [5.74, 6) is 0.746. The van der Waals surface area contributed by atoms with Gasteiger partial charge in [-0.3, -0.25) is 4.98 Å². The molecule has 13 heteroatoms. The van der Waals surface area contributed by atoms with Crippen LogP contribution in [0.25, 0.3) is 22.3 Å². The summed E-state index contributed by atoms with van der Waals surface area (Å²) >= 11 is 0. The van der Waals surface area contributed by atoms with Gasteiger partial charge in [-0.2, -0.15) is 0 Å². The van der Waals surface area contributed by atoms with E-state index in [1.165, 1.54) is 13.8 Å². The van der Waals surface area contributed by atoms with Crippen molar-refractivity contribution in [2.45, 2.75) is 88.1 Å². The molecule has 0 radical (unpaired) electrons. The van der Waals surface area contributed by atoms with E-state index in [0.29, 0.717) is 22.6 Å². The maximum atomic E-state index is 10.8. The van der Waals surface area contributed by atoms with Gasteiger partial charge in [0.1, 0.15) is 48.1 Å². The van der Waals surface area contributed by atoms with Gasteiger partial charge in [0.05, 0.1) is 13.2 Å². The topological polar surface area (TPSA) is 212 Å². The average molecular weight is 644 g/mol. The fourth-order valence-corrected chi connectivity index (χ4v) is 5.64. The second-order valence-corrected chi connectivity index (χ2v) is 12.4. The van der Waals surface area contributed by atoms with Gasteiger partial charge in [-0.05, 0) is 80.3 Å². The molecule has 0 aliphatic carbocycles. The first-order chi connectivity index (χ1) is 21.7. The van der Waals surface area contributed by atoms with E-state index in [0.717, 1.165) is 22.3 Å². The predicted octanol–water partition coefficient (Wildman–Crippen LogP) is 0.170. The van der Waals surface area contributed by atoms with Crippen molar-refractivity contribution in [2.24, 2.45) is 0 Å². The third-order valence-electron chi connectivity index (χ3n) is 8.74. The third kappa shape index (κ3) is 6.36. The molecule has 2 saturated heterocycles. The summed E-state index contributed by atoms with van der Waals surface area (Å²) in [6, 6.07) is 12.7. The van der Waals surface area contributed by atoms with Crippen molar-refractivity contribution in [3.63, 3.8) is 0 Å². The Balaban J connectivity index is 1.33. The van der Waals surface area contributed by atoms with Crippen molar-refractivity contribution >= 4 is 0 Å². The SMILES string of the molecule is Cc1cc(-c2cncc(-c3ccc(O[C@H]4O[C@H](CO)[C@@H](O)[C@H](O)[C@]4(C)O)c(C)c3)c2)ccc1O[C@H]1O[C@H](CO)[C@@H](O)[C@H](O)[C@]1(C)O. The quantitative estimate of drug-likeness (QED) is 0.165. The molecule has 2 aliphatic heterocycles. The zero-order valence-electron chi connectivity index (χ0n) is 25.9. The summed E-state index contributed by atoms with van der Waals surface area (Å²) in [4.78, 5) is 4.41. The standard InChI is InChI=1S/C33H41NO12/c1-16-9-18(5-7-22(16)43-30-32(3,41)28(39)26(37)24(14-35)45-30)20-11-21(13-34-12-20)19-6-8-23(17(2)10-19)44-31-33(4,42)29(40)27(38)25(15-36)46-31/h5-13,24-31,35-42H,14-15H2,1-4H3/t24-,25-,26-,27-,28+,29+,30+,31+,32+,33+/m1/s1. The van der Waals surface area contributed by atoms with Crippen molar-refractivity contribution < 1.29 is 59.8 Å². The highest BCUT2D eigenvalue weighted by Crippen LogP contribution is 2.36. The van der Waals surface area contributed by atoms with Gasteiger partial charge in [-0.15, -0.1) is 0 Å². The molecule has 2 aliphatic rings. The lowest BCUT2D eigenvalue weighted by Gasteiger charge is -2.45. The molecule has 2 fully saturated rings. The van der Waals surface area contributed by atoms with Crippen molar-refractivity contribution in [1.82, 2.24) is 4.98 Å². The summed E-state index contributed by atoms with van der Waals surface area (Å²) in [6.07, 6.45) is -7.71. The molecule has 46 heavy (non-hydrogen) atoms. The molecule has 13 nitrogen and oxygen atoms in total. The molecule has 1 aromatic heterocycles. The van der Waals surface area contributed by atoms with Gasteiger partial charge in [0.2, 0.25) is 12.6 Å². The van der Waals surface area contributed by atoms with E-state index in [1.54, 1.807) is 50.5 Å². The lowest BCUT2D eigenvalue weighted by atomic mass is 9.88. The van der Waals surface area contributed by atoms with Gasteiger partial charge in [-0.1, -0.05) is 12.1 Å². The number of rotatable bonds is 8. The molecular formula is C33H41NO12. The van der Waals surface area contributed by atoms with Gasteiger partial charge in [-0.25, -0.2) is 0 Å². The van der Waals surface area contributed by atoms with E-state index in [2.05, 4.69) is 4.98 Å². The fourth-order valence-electron chi connectivity index (χ4n) is 5.64. The average Bonchev–Trinajstić information content (AvgIpc) is 3.03. The number of pyridine rings is 1. The molecule has 0 unspecified atom stereocenters. The normalized spacial score (nSPS) is 34.7. The minimum atomic E-state index is -1.94. The maximum absolute atomic E-state index is 10.8. The highest BCUT2D eigenvalue weighted by Gasteiger charge is 2.54. The smallest absolute Gasteiger partial charge is 0.231 e. The largest absolute Gasteiger partial charge is 0.461 e. The molecule has 0 bridgehead atoms. The number of hydrogen-bond donors (Lipinski definition) is 8. The van der Waals surface area contributed by atoms with Crippen LogP contribution in [0.2, 0.25) is 0 Å². The van der Waals surface area contributed by atoms with Gasteiger partial charge >= 0.3 is 0 Å². The van der Waals surface area contributed by atoms with Crippen LogP contribution in [-0.4, -0.2) is 119 Å². The zero-order chi connectivity index (χ0) is 33.6. The number of aliphatic hydroxyl groups excluding tert-OH is 6. The van der Waals surface area contributed by atoms with Gasteiger partial charge in [0.15, 0.2) is 11.2 Å². The molecule has 250 valence electrons. The molecule has 0 saturated carbocycles. The van der Waals surface area contributed by atoms with Crippen LogP contribution in [0.15, 0.2) is 54.9 Å². The minimum Gasteiger partial charge on any atom is -0.461 e. The lowest BCUT2D eigenvalue weighted by molar-refractivity contribution is -0.314. The van der Waals surface area contributed by atoms with E-state index < -0.39 is 73.6 Å². The van der Waals surface area contributed by atoms with Crippen molar-refractivity contribution in [1.29, 1.82) is 0 Å². The predicted molar refractivity (Wildman–Crippen MR) is 163 cm³/mol.